The summed E-state index contributed by atoms with van der Waals surface area (Å²) in [4.78, 5) is 46.1. The van der Waals surface area contributed by atoms with Gasteiger partial charge in [-0.1, -0.05) is 0 Å². The number of amides is 3. The average Bonchev–Trinajstić information content (AvgIpc) is 3.79. The SMILES string of the molecule is CCN1C(=O)[C@@H](NC(=O)C(C2CC2)C2CC2)[C@@H](C2CC2)c2c(C(=O)N3[C@H](C#N)C[C@H]4C[C@H]43)nn(C3CCOCC3)c21. The van der Waals surface area contributed by atoms with E-state index in [0.29, 0.717) is 43.2 Å². The molecule has 0 unspecified atom stereocenters. The molecule has 4 saturated carbocycles. The summed E-state index contributed by atoms with van der Waals surface area (Å²) in [5, 5.41) is 18.2. The molecule has 6 fully saturated rings. The number of aromatic nitrogens is 2. The van der Waals surface area contributed by atoms with Crippen molar-refractivity contribution in [3.05, 3.63) is 11.3 Å². The smallest absolute Gasteiger partial charge is 0.276 e. The number of nitriles is 1. The summed E-state index contributed by atoms with van der Waals surface area (Å²) in [6.07, 6.45) is 9.52. The van der Waals surface area contributed by atoms with E-state index in [2.05, 4.69) is 11.4 Å². The maximum absolute atomic E-state index is 14.4. The van der Waals surface area contributed by atoms with E-state index in [4.69, 9.17) is 9.84 Å². The third-order valence-electron chi connectivity index (χ3n) is 10.9. The summed E-state index contributed by atoms with van der Waals surface area (Å²) in [5.74, 6) is 1.71. The second-order valence-electron chi connectivity index (χ2n) is 13.7. The first-order chi connectivity index (χ1) is 20.0. The van der Waals surface area contributed by atoms with E-state index in [1.54, 1.807) is 9.80 Å². The molecule has 4 heterocycles. The highest BCUT2D eigenvalue weighted by atomic mass is 16.5. The number of rotatable bonds is 8. The van der Waals surface area contributed by atoms with Gasteiger partial charge in [0.15, 0.2) is 5.69 Å². The van der Waals surface area contributed by atoms with Crippen LogP contribution in [0.15, 0.2) is 0 Å². The van der Waals surface area contributed by atoms with Crippen molar-refractivity contribution in [2.24, 2.45) is 29.6 Å². The van der Waals surface area contributed by atoms with E-state index < -0.39 is 12.1 Å². The molecule has 0 bridgehead atoms. The van der Waals surface area contributed by atoms with Crippen LogP contribution in [0.5, 0.6) is 0 Å². The fraction of sp³-hybridized carbons (Fsp3) is 0.774. The van der Waals surface area contributed by atoms with E-state index in [0.717, 1.165) is 75.6 Å². The number of piperidine rings is 1. The highest BCUT2D eigenvalue weighted by Gasteiger charge is 2.58. The molecule has 4 aliphatic carbocycles. The molecule has 1 aromatic rings. The zero-order valence-corrected chi connectivity index (χ0v) is 23.8. The number of carbonyl (C=O) groups excluding carboxylic acids is 3. The molecule has 8 rings (SSSR count). The van der Waals surface area contributed by atoms with E-state index >= 15 is 0 Å². The van der Waals surface area contributed by atoms with Crippen molar-refractivity contribution in [1.29, 1.82) is 5.26 Å². The monoisotopic (exact) mass is 560 g/mol. The van der Waals surface area contributed by atoms with Gasteiger partial charge in [-0.05, 0) is 94.8 Å². The first-order valence-corrected chi connectivity index (χ1v) is 16.0. The topological polar surface area (TPSA) is 121 Å². The van der Waals surface area contributed by atoms with Crippen molar-refractivity contribution in [3.63, 3.8) is 0 Å². The summed E-state index contributed by atoms with van der Waals surface area (Å²) in [6, 6.07) is 1.37. The van der Waals surface area contributed by atoms with Gasteiger partial charge in [-0.15, -0.1) is 0 Å². The van der Waals surface area contributed by atoms with Gasteiger partial charge in [0.2, 0.25) is 5.91 Å². The lowest BCUT2D eigenvalue weighted by molar-refractivity contribution is -0.132. The van der Waals surface area contributed by atoms with E-state index in [9.17, 15) is 19.6 Å². The van der Waals surface area contributed by atoms with Gasteiger partial charge in [0.1, 0.15) is 17.9 Å². The molecule has 41 heavy (non-hydrogen) atoms. The first-order valence-electron chi connectivity index (χ1n) is 16.0. The van der Waals surface area contributed by atoms with Gasteiger partial charge >= 0.3 is 0 Å². The number of hydrogen-bond acceptors (Lipinski definition) is 6. The van der Waals surface area contributed by atoms with Crippen LogP contribution in [-0.2, 0) is 14.3 Å². The van der Waals surface area contributed by atoms with Crippen LogP contribution in [0, 0.1) is 40.9 Å². The fourth-order valence-electron chi connectivity index (χ4n) is 8.33. The molecular formula is C31H40N6O4. The summed E-state index contributed by atoms with van der Waals surface area (Å²) in [6.45, 7) is 3.62. The summed E-state index contributed by atoms with van der Waals surface area (Å²) in [5.41, 5.74) is 1.22. The Hall–Kier alpha value is -2.93. The van der Waals surface area contributed by atoms with Crippen molar-refractivity contribution >= 4 is 23.5 Å². The van der Waals surface area contributed by atoms with Crippen molar-refractivity contribution in [2.45, 2.75) is 101 Å². The number of nitrogens with zero attached hydrogens (tertiary/aromatic N) is 5. The normalized spacial score (nSPS) is 33.0. The third-order valence-corrected chi connectivity index (χ3v) is 10.9. The second-order valence-corrected chi connectivity index (χ2v) is 13.7. The number of carbonyl (C=O) groups is 3. The highest BCUT2D eigenvalue weighted by molar-refractivity contribution is 6.06. The third kappa shape index (κ3) is 4.21. The lowest BCUT2D eigenvalue weighted by atomic mass is 9.81. The van der Waals surface area contributed by atoms with Crippen LogP contribution in [0.2, 0.25) is 0 Å². The van der Waals surface area contributed by atoms with Gasteiger partial charge in [-0.25, -0.2) is 4.68 Å². The number of likely N-dealkylation sites (tertiary alicyclic amines) is 1. The van der Waals surface area contributed by atoms with Crippen molar-refractivity contribution in [1.82, 2.24) is 20.0 Å². The predicted octanol–water partition coefficient (Wildman–Crippen LogP) is 3.14. The van der Waals surface area contributed by atoms with E-state index in [-0.39, 0.29) is 47.6 Å². The number of nitrogens with one attached hydrogen (secondary N) is 1. The zero-order chi connectivity index (χ0) is 28.0. The lowest BCUT2D eigenvalue weighted by Crippen LogP contribution is -2.57. The molecule has 5 atom stereocenters. The summed E-state index contributed by atoms with van der Waals surface area (Å²) in [7, 11) is 0. The van der Waals surface area contributed by atoms with Gasteiger partial charge < -0.3 is 15.0 Å². The molecular weight excluding hydrogens is 520 g/mol. The maximum Gasteiger partial charge on any atom is 0.276 e. The summed E-state index contributed by atoms with van der Waals surface area (Å²) >= 11 is 0. The Morgan fingerprint density at radius 2 is 1.76 bits per heavy atom. The van der Waals surface area contributed by atoms with Crippen LogP contribution in [0.25, 0.3) is 0 Å². The number of likely N-dealkylation sites (N-methyl/N-ethyl adjacent to an activating group) is 1. The average molecular weight is 561 g/mol. The van der Waals surface area contributed by atoms with E-state index in [1.807, 2.05) is 11.6 Å². The Kier molecular flexibility index (Phi) is 6.00. The minimum atomic E-state index is -0.694. The lowest BCUT2D eigenvalue weighted by Gasteiger charge is -2.40. The fourth-order valence-corrected chi connectivity index (χ4v) is 8.33. The first kappa shape index (κ1) is 25.8. The molecule has 1 aromatic heterocycles. The van der Waals surface area contributed by atoms with Crippen LogP contribution in [0.3, 0.4) is 0 Å². The standard InChI is InChI=1S/C31H40N6O4/c1-2-35-29-25(24(18-7-8-18)26(30(35)39)33-28(38)23(16-3-4-16)17-5-6-17)27(34-37(29)20-9-11-41-12-10-20)31(40)36-21(15-32)13-19-14-22(19)36/h16-24,26H,2-14H2,1H3,(H,33,38)/t19-,21-,22+,24-,26-/m0/s1. The molecule has 10 nitrogen and oxygen atoms in total. The Labute approximate surface area is 240 Å². The number of fused-ring (bicyclic) bond motifs is 2. The minimum Gasteiger partial charge on any atom is -0.381 e. The van der Waals surface area contributed by atoms with Crippen LogP contribution < -0.4 is 10.2 Å². The Morgan fingerprint density at radius 1 is 1.05 bits per heavy atom. The van der Waals surface area contributed by atoms with Crippen LogP contribution >= 0.6 is 0 Å². The summed E-state index contributed by atoms with van der Waals surface area (Å²) < 4.78 is 7.59. The number of ether oxygens (including phenoxy) is 1. The molecule has 3 aliphatic heterocycles. The predicted molar refractivity (Wildman–Crippen MR) is 148 cm³/mol. The van der Waals surface area contributed by atoms with Crippen molar-refractivity contribution in [2.75, 3.05) is 24.7 Å². The molecule has 0 radical (unpaired) electrons. The van der Waals surface area contributed by atoms with Crippen molar-refractivity contribution < 1.29 is 19.1 Å². The van der Waals surface area contributed by atoms with Gasteiger partial charge in [-0.2, -0.15) is 10.4 Å². The maximum atomic E-state index is 14.4. The Balaban J connectivity index is 1.23. The molecule has 7 aliphatic rings. The highest BCUT2D eigenvalue weighted by Crippen LogP contribution is 2.54. The molecule has 3 amide bonds. The van der Waals surface area contributed by atoms with Gasteiger partial charge in [0.05, 0.1) is 12.1 Å². The quantitative estimate of drug-likeness (QED) is 0.522. The number of anilines is 1. The van der Waals surface area contributed by atoms with Crippen LogP contribution in [-0.4, -0.2) is 70.3 Å². The van der Waals surface area contributed by atoms with Gasteiger partial charge in [0, 0.05) is 43.2 Å². The van der Waals surface area contributed by atoms with E-state index in [1.165, 1.54) is 0 Å². The molecule has 10 heteroatoms. The Bertz CT molecular complexity index is 1300. The molecule has 0 aromatic carbocycles. The van der Waals surface area contributed by atoms with Crippen LogP contribution in [0.4, 0.5) is 5.82 Å². The van der Waals surface area contributed by atoms with Gasteiger partial charge in [-0.3, -0.25) is 19.3 Å². The molecule has 2 saturated heterocycles. The largest absolute Gasteiger partial charge is 0.381 e. The zero-order valence-electron chi connectivity index (χ0n) is 23.8. The Morgan fingerprint density at radius 3 is 2.37 bits per heavy atom. The van der Waals surface area contributed by atoms with Crippen molar-refractivity contribution in [3.8, 4) is 6.07 Å². The molecule has 1 N–H and O–H groups in total. The number of hydrogen-bond donors (Lipinski definition) is 1. The van der Waals surface area contributed by atoms with Crippen LogP contribution in [0.1, 0.15) is 99.1 Å². The molecule has 0 spiro atoms. The minimum absolute atomic E-state index is 0.00187. The van der Waals surface area contributed by atoms with Gasteiger partial charge in [0.25, 0.3) is 11.8 Å². The molecule has 218 valence electrons. The second kappa shape index (κ2) is 9.55.